The van der Waals surface area contributed by atoms with Crippen molar-refractivity contribution in [3.8, 4) is 5.75 Å². The molecule has 4 nitrogen and oxygen atoms in total. The monoisotopic (exact) mass is 333 g/mol. The molecule has 2 aromatic rings. The average Bonchev–Trinajstić information content (AvgIpc) is 2.53. The second-order valence-corrected chi connectivity index (χ2v) is 5.54. The van der Waals surface area contributed by atoms with Crippen LogP contribution in [0.4, 0.5) is 5.69 Å². The first-order valence-corrected chi connectivity index (χ1v) is 7.75. The van der Waals surface area contributed by atoms with Gasteiger partial charge >= 0.3 is 0 Å². The van der Waals surface area contributed by atoms with Gasteiger partial charge in [-0.25, -0.2) is 0 Å². The Labute approximate surface area is 141 Å². The normalized spacial score (nSPS) is 10.4. The highest BCUT2D eigenvalue weighted by Gasteiger charge is 2.12. The molecule has 0 atom stereocenters. The summed E-state index contributed by atoms with van der Waals surface area (Å²) in [6.07, 6.45) is 0. The summed E-state index contributed by atoms with van der Waals surface area (Å²) in [4.78, 5) is 12.5. The Bertz CT molecular complexity index is 701. The van der Waals surface area contributed by atoms with Crippen LogP contribution in [0.5, 0.6) is 5.75 Å². The standard InChI is InChI=1S/C18H20ClNO3/c1-4-23-17-8-6-13(9-14(17)11-22-3)18(21)20-16-10-15(19)7-5-12(16)2/h5-10H,4,11H2,1-3H3,(H,20,21). The van der Waals surface area contributed by atoms with Crippen LogP contribution in [-0.2, 0) is 11.3 Å². The fourth-order valence-electron chi connectivity index (χ4n) is 2.21. The fourth-order valence-corrected chi connectivity index (χ4v) is 2.38. The van der Waals surface area contributed by atoms with Crippen LogP contribution in [-0.4, -0.2) is 19.6 Å². The zero-order chi connectivity index (χ0) is 16.8. The molecule has 1 N–H and O–H groups in total. The third-order valence-electron chi connectivity index (χ3n) is 3.37. The number of rotatable bonds is 6. The number of halogens is 1. The topological polar surface area (TPSA) is 47.6 Å². The molecule has 0 saturated heterocycles. The number of ether oxygens (including phenoxy) is 2. The molecule has 2 aromatic carbocycles. The Morgan fingerprint density at radius 2 is 2.00 bits per heavy atom. The number of carbonyl (C=O) groups excluding carboxylic acids is 1. The van der Waals surface area contributed by atoms with Crippen LogP contribution in [0.25, 0.3) is 0 Å². The first-order valence-electron chi connectivity index (χ1n) is 7.37. The molecule has 0 bridgehead atoms. The minimum atomic E-state index is -0.198. The lowest BCUT2D eigenvalue weighted by Crippen LogP contribution is -2.13. The first-order chi connectivity index (χ1) is 11.0. The summed E-state index contributed by atoms with van der Waals surface area (Å²) < 4.78 is 10.7. The zero-order valence-electron chi connectivity index (χ0n) is 13.5. The van der Waals surface area contributed by atoms with Crippen molar-refractivity contribution < 1.29 is 14.3 Å². The molecular formula is C18H20ClNO3. The number of nitrogens with one attached hydrogen (secondary N) is 1. The Hall–Kier alpha value is -2.04. The second kappa shape index (κ2) is 7.99. The van der Waals surface area contributed by atoms with Crippen LogP contribution >= 0.6 is 11.6 Å². The van der Waals surface area contributed by atoms with E-state index in [4.69, 9.17) is 21.1 Å². The van der Waals surface area contributed by atoms with Crippen molar-refractivity contribution in [1.29, 1.82) is 0 Å². The lowest BCUT2D eigenvalue weighted by Gasteiger charge is -2.13. The van der Waals surface area contributed by atoms with E-state index in [-0.39, 0.29) is 5.91 Å². The van der Waals surface area contributed by atoms with E-state index in [0.29, 0.717) is 29.5 Å². The number of hydrogen-bond donors (Lipinski definition) is 1. The van der Waals surface area contributed by atoms with Crippen LogP contribution in [0.3, 0.4) is 0 Å². The van der Waals surface area contributed by atoms with Gasteiger partial charge in [0, 0.05) is 28.9 Å². The van der Waals surface area contributed by atoms with Gasteiger partial charge in [0.2, 0.25) is 0 Å². The van der Waals surface area contributed by atoms with Crippen molar-refractivity contribution in [2.24, 2.45) is 0 Å². The van der Waals surface area contributed by atoms with Gasteiger partial charge in [0.15, 0.2) is 0 Å². The van der Waals surface area contributed by atoms with Gasteiger partial charge in [-0.05, 0) is 49.7 Å². The Morgan fingerprint density at radius 3 is 2.70 bits per heavy atom. The van der Waals surface area contributed by atoms with Gasteiger partial charge in [-0.1, -0.05) is 17.7 Å². The lowest BCUT2D eigenvalue weighted by molar-refractivity contribution is 0.102. The maximum atomic E-state index is 12.5. The Balaban J connectivity index is 2.25. The molecule has 0 heterocycles. The van der Waals surface area contributed by atoms with E-state index < -0.39 is 0 Å². The van der Waals surface area contributed by atoms with Gasteiger partial charge in [-0.3, -0.25) is 4.79 Å². The van der Waals surface area contributed by atoms with Crippen molar-refractivity contribution in [3.63, 3.8) is 0 Å². The Morgan fingerprint density at radius 1 is 1.22 bits per heavy atom. The SMILES string of the molecule is CCOc1ccc(C(=O)Nc2cc(Cl)ccc2C)cc1COC. The molecule has 23 heavy (non-hydrogen) atoms. The number of amides is 1. The highest BCUT2D eigenvalue weighted by molar-refractivity contribution is 6.31. The van der Waals surface area contributed by atoms with E-state index in [1.165, 1.54) is 0 Å². The van der Waals surface area contributed by atoms with Crippen molar-refractivity contribution in [1.82, 2.24) is 0 Å². The maximum Gasteiger partial charge on any atom is 0.255 e. The van der Waals surface area contributed by atoms with Gasteiger partial charge in [-0.15, -0.1) is 0 Å². The molecule has 0 aliphatic carbocycles. The quantitative estimate of drug-likeness (QED) is 0.849. The lowest BCUT2D eigenvalue weighted by atomic mass is 10.1. The third kappa shape index (κ3) is 4.47. The second-order valence-electron chi connectivity index (χ2n) is 5.10. The summed E-state index contributed by atoms with van der Waals surface area (Å²) in [5.74, 6) is 0.528. The summed E-state index contributed by atoms with van der Waals surface area (Å²) in [6.45, 7) is 4.77. The molecule has 0 spiro atoms. The molecule has 0 aliphatic rings. The van der Waals surface area contributed by atoms with Crippen LogP contribution in [0, 0.1) is 6.92 Å². The molecular weight excluding hydrogens is 314 g/mol. The van der Waals surface area contributed by atoms with Gasteiger partial charge < -0.3 is 14.8 Å². The van der Waals surface area contributed by atoms with Crippen molar-refractivity contribution in [2.45, 2.75) is 20.5 Å². The molecule has 0 saturated carbocycles. The van der Waals surface area contributed by atoms with Crippen molar-refractivity contribution in [2.75, 3.05) is 19.0 Å². The fraction of sp³-hybridized carbons (Fsp3) is 0.278. The number of anilines is 1. The molecule has 0 aromatic heterocycles. The highest BCUT2D eigenvalue weighted by Crippen LogP contribution is 2.24. The summed E-state index contributed by atoms with van der Waals surface area (Å²) in [5.41, 5.74) is 3.03. The number of benzene rings is 2. The van der Waals surface area contributed by atoms with Crippen LogP contribution < -0.4 is 10.1 Å². The molecule has 0 aliphatic heterocycles. The van der Waals surface area contributed by atoms with E-state index >= 15 is 0 Å². The van der Waals surface area contributed by atoms with E-state index in [9.17, 15) is 4.79 Å². The summed E-state index contributed by atoms with van der Waals surface area (Å²) in [6, 6.07) is 10.7. The van der Waals surface area contributed by atoms with Gasteiger partial charge in [0.05, 0.1) is 13.2 Å². The molecule has 0 radical (unpaired) electrons. The molecule has 122 valence electrons. The highest BCUT2D eigenvalue weighted by atomic mass is 35.5. The molecule has 0 unspecified atom stereocenters. The van der Waals surface area contributed by atoms with Crippen LogP contribution in [0.15, 0.2) is 36.4 Å². The van der Waals surface area contributed by atoms with Crippen LogP contribution in [0.2, 0.25) is 5.02 Å². The molecule has 0 fully saturated rings. The minimum Gasteiger partial charge on any atom is -0.494 e. The van der Waals surface area contributed by atoms with Crippen molar-refractivity contribution in [3.05, 3.63) is 58.1 Å². The molecule has 1 amide bonds. The summed E-state index contributed by atoms with van der Waals surface area (Å²) in [5, 5.41) is 3.46. The summed E-state index contributed by atoms with van der Waals surface area (Å²) >= 11 is 5.98. The van der Waals surface area contributed by atoms with Gasteiger partial charge in [0.25, 0.3) is 5.91 Å². The van der Waals surface area contributed by atoms with Crippen LogP contribution in [0.1, 0.15) is 28.4 Å². The number of carbonyl (C=O) groups is 1. The molecule has 5 heteroatoms. The largest absolute Gasteiger partial charge is 0.494 e. The Kier molecular flexibility index (Phi) is 6.02. The van der Waals surface area contributed by atoms with Gasteiger partial charge in [0.1, 0.15) is 5.75 Å². The smallest absolute Gasteiger partial charge is 0.255 e. The van der Waals surface area contributed by atoms with E-state index in [1.54, 1.807) is 37.4 Å². The maximum absolute atomic E-state index is 12.5. The average molecular weight is 334 g/mol. The zero-order valence-corrected chi connectivity index (χ0v) is 14.2. The number of aryl methyl sites for hydroxylation is 1. The molecule has 2 rings (SSSR count). The summed E-state index contributed by atoms with van der Waals surface area (Å²) in [7, 11) is 1.61. The minimum absolute atomic E-state index is 0.198. The first kappa shape index (κ1) is 17.3. The van der Waals surface area contributed by atoms with Gasteiger partial charge in [-0.2, -0.15) is 0 Å². The predicted molar refractivity (Wildman–Crippen MR) is 92.5 cm³/mol. The van der Waals surface area contributed by atoms with E-state index in [1.807, 2.05) is 19.9 Å². The van der Waals surface area contributed by atoms with Crippen molar-refractivity contribution >= 4 is 23.2 Å². The van der Waals surface area contributed by atoms with E-state index in [0.717, 1.165) is 16.9 Å². The van der Waals surface area contributed by atoms with E-state index in [2.05, 4.69) is 5.32 Å². The predicted octanol–water partition coefficient (Wildman–Crippen LogP) is 4.45. The third-order valence-corrected chi connectivity index (χ3v) is 3.61. The number of methoxy groups -OCH3 is 1. The number of hydrogen-bond acceptors (Lipinski definition) is 3.